The number of urea groups is 1. The Balaban J connectivity index is 1.22. The molecular weight excluding hydrogens is 511 g/mol. The Bertz CT molecular complexity index is 1350. The number of halogens is 4. The summed E-state index contributed by atoms with van der Waals surface area (Å²) >= 11 is 5.98. The van der Waals surface area contributed by atoms with Gasteiger partial charge in [-0.15, -0.1) is 0 Å². The van der Waals surface area contributed by atoms with Crippen molar-refractivity contribution in [3.05, 3.63) is 58.8 Å². The highest BCUT2D eigenvalue weighted by Crippen LogP contribution is 2.42. The highest BCUT2D eigenvalue weighted by molar-refractivity contribution is 6.34. The topological polar surface area (TPSA) is 75.0 Å². The normalized spacial score (nSPS) is 17.4. The van der Waals surface area contributed by atoms with Crippen LogP contribution >= 0.6 is 11.6 Å². The molecule has 3 heterocycles. The average Bonchev–Trinajstić information content (AvgIpc) is 3.49. The minimum Gasteiger partial charge on any atom is -0.493 e. The fourth-order valence-electron chi connectivity index (χ4n) is 5.23. The molecule has 2 fully saturated rings. The number of carbonyl (C=O) groups excluding carboxylic acids is 2. The minimum absolute atomic E-state index is 0.174. The van der Waals surface area contributed by atoms with E-state index in [-0.39, 0.29) is 22.1 Å². The van der Waals surface area contributed by atoms with Crippen LogP contribution in [0.3, 0.4) is 0 Å². The average molecular weight is 536 g/mol. The highest BCUT2D eigenvalue weighted by atomic mass is 35.5. The van der Waals surface area contributed by atoms with Crippen LogP contribution in [0.2, 0.25) is 5.02 Å². The van der Waals surface area contributed by atoms with Crippen LogP contribution in [0.1, 0.15) is 35.4 Å². The number of likely N-dealkylation sites (tertiary alicyclic amines) is 2. The zero-order valence-electron chi connectivity index (χ0n) is 20.0. The molecule has 2 aromatic carbocycles. The third-order valence-electron chi connectivity index (χ3n) is 7.33. The lowest BCUT2D eigenvalue weighted by molar-refractivity contribution is -0.136. The number of carbonyl (C=O) groups is 2. The van der Waals surface area contributed by atoms with Crippen LogP contribution in [0.5, 0.6) is 5.75 Å². The first-order valence-electron chi connectivity index (χ1n) is 11.9. The van der Waals surface area contributed by atoms with Gasteiger partial charge in [-0.05, 0) is 48.9 Å². The van der Waals surface area contributed by atoms with Crippen LogP contribution in [-0.2, 0) is 6.18 Å². The van der Waals surface area contributed by atoms with E-state index in [1.54, 1.807) is 17.0 Å². The Labute approximate surface area is 216 Å². The molecule has 2 aliphatic heterocycles. The highest BCUT2D eigenvalue weighted by Gasteiger charge is 2.44. The molecule has 3 amide bonds. The lowest BCUT2D eigenvalue weighted by Gasteiger charge is -2.39. The molecule has 7 nitrogen and oxygen atoms in total. The number of para-hydroxylation sites is 2. The maximum absolute atomic E-state index is 13.4. The Kier molecular flexibility index (Phi) is 6.47. The maximum atomic E-state index is 13.4. The van der Waals surface area contributed by atoms with E-state index in [0.29, 0.717) is 56.8 Å². The van der Waals surface area contributed by atoms with Gasteiger partial charge in [0, 0.05) is 31.6 Å². The second-order valence-electron chi connectivity index (χ2n) is 9.54. The summed E-state index contributed by atoms with van der Waals surface area (Å²) in [5.41, 5.74) is -1.10. The molecule has 3 aromatic rings. The summed E-state index contributed by atoms with van der Waals surface area (Å²) in [5.74, 6) is 0.583. The number of hydrogen-bond acceptors (Lipinski definition) is 4. The monoisotopic (exact) mass is 535 g/mol. The van der Waals surface area contributed by atoms with Gasteiger partial charge in [0.15, 0.2) is 17.1 Å². The molecule has 0 unspecified atom stereocenters. The van der Waals surface area contributed by atoms with Crippen LogP contribution in [0.4, 0.5) is 23.7 Å². The number of hydrogen-bond donors (Lipinski definition) is 1. The number of nitrogens with zero attached hydrogens (tertiary/aromatic N) is 2. The zero-order chi connectivity index (χ0) is 26.4. The molecule has 0 bridgehead atoms. The van der Waals surface area contributed by atoms with Crippen molar-refractivity contribution in [1.82, 2.24) is 9.80 Å². The van der Waals surface area contributed by atoms with E-state index in [9.17, 15) is 22.8 Å². The largest absolute Gasteiger partial charge is 0.493 e. The van der Waals surface area contributed by atoms with Crippen molar-refractivity contribution < 1.29 is 31.9 Å². The van der Waals surface area contributed by atoms with Crippen molar-refractivity contribution in [2.24, 2.45) is 5.41 Å². The first kappa shape index (κ1) is 25.3. The van der Waals surface area contributed by atoms with Crippen molar-refractivity contribution in [3.8, 4) is 5.75 Å². The summed E-state index contributed by atoms with van der Waals surface area (Å²) in [6.07, 6.45) is -2.60. The van der Waals surface area contributed by atoms with Gasteiger partial charge in [-0.1, -0.05) is 29.8 Å². The second kappa shape index (κ2) is 9.48. The molecule has 11 heteroatoms. The smallest absolute Gasteiger partial charge is 0.418 e. The molecule has 1 N–H and O–H groups in total. The number of ether oxygens (including phenoxy) is 1. The third-order valence-corrected chi connectivity index (χ3v) is 7.64. The molecule has 5 rings (SSSR count). The van der Waals surface area contributed by atoms with Gasteiger partial charge in [0.1, 0.15) is 0 Å². The standard InChI is InChI=1S/C26H25ClF3N3O4/c1-36-19-7-2-4-16-14-20(37-22(16)19)23(34)32-11-8-25(9-12-32)10-13-33(15-25)24(35)31-21-17(26(28,29)30)5-3-6-18(21)27/h2-7,14H,8-13,15H2,1H3,(H,31,35). The molecule has 1 spiro atoms. The van der Waals surface area contributed by atoms with E-state index < -0.39 is 23.5 Å². The summed E-state index contributed by atoms with van der Waals surface area (Å²) in [6, 6.07) is 9.92. The molecule has 0 radical (unpaired) electrons. The number of nitrogens with one attached hydrogen (secondary N) is 1. The number of piperidine rings is 1. The van der Waals surface area contributed by atoms with Crippen molar-refractivity contribution in [2.45, 2.75) is 25.4 Å². The Hall–Kier alpha value is -3.40. The number of amides is 3. The molecule has 1 aromatic heterocycles. The van der Waals surface area contributed by atoms with Crippen LogP contribution in [0.25, 0.3) is 11.0 Å². The number of benzene rings is 2. The number of rotatable bonds is 3. The molecule has 0 atom stereocenters. The molecule has 2 saturated heterocycles. The van der Waals surface area contributed by atoms with Crippen LogP contribution in [0.15, 0.2) is 46.9 Å². The van der Waals surface area contributed by atoms with Crippen LogP contribution < -0.4 is 10.1 Å². The van der Waals surface area contributed by atoms with E-state index in [0.717, 1.165) is 11.5 Å². The number of fused-ring (bicyclic) bond motifs is 1. The Morgan fingerprint density at radius 2 is 1.73 bits per heavy atom. The molecule has 196 valence electrons. The number of anilines is 1. The molecular formula is C26H25ClF3N3O4. The minimum atomic E-state index is -4.65. The molecule has 0 saturated carbocycles. The van der Waals surface area contributed by atoms with Crippen molar-refractivity contribution in [3.63, 3.8) is 0 Å². The summed E-state index contributed by atoms with van der Waals surface area (Å²) in [4.78, 5) is 29.2. The van der Waals surface area contributed by atoms with Crippen LogP contribution in [-0.4, -0.2) is 55.0 Å². The summed E-state index contributed by atoms with van der Waals surface area (Å²) in [5, 5.41) is 2.97. The van der Waals surface area contributed by atoms with Gasteiger partial charge in [0.05, 0.1) is 23.4 Å². The lowest BCUT2D eigenvalue weighted by atomic mass is 9.78. The Morgan fingerprint density at radius 1 is 1.05 bits per heavy atom. The van der Waals surface area contributed by atoms with Gasteiger partial charge >= 0.3 is 12.2 Å². The Morgan fingerprint density at radius 3 is 2.41 bits per heavy atom. The van der Waals surface area contributed by atoms with E-state index in [1.807, 2.05) is 12.1 Å². The predicted molar refractivity (Wildman–Crippen MR) is 132 cm³/mol. The van der Waals surface area contributed by atoms with Gasteiger partial charge in [0.2, 0.25) is 0 Å². The quantitative estimate of drug-likeness (QED) is 0.429. The van der Waals surface area contributed by atoms with Gasteiger partial charge < -0.3 is 24.3 Å². The predicted octanol–water partition coefficient (Wildman–Crippen LogP) is 6.27. The van der Waals surface area contributed by atoms with E-state index >= 15 is 0 Å². The van der Waals surface area contributed by atoms with E-state index in [4.69, 9.17) is 20.8 Å². The van der Waals surface area contributed by atoms with Crippen LogP contribution in [0, 0.1) is 5.41 Å². The number of alkyl halides is 3. The zero-order valence-corrected chi connectivity index (χ0v) is 20.8. The summed E-state index contributed by atoms with van der Waals surface area (Å²) < 4.78 is 51.3. The van der Waals surface area contributed by atoms with E-state index in [2.05, 4.69) is 5.32 Å². The summed E-state index contributed by atoms with van der Waals surface area (Å²) in [6.45, 7) is 1.79. The fraction of sp³-hybridized carbons (Fsp3) is 0.385. The third kappa shape index (κ3) is 4.82. The lowest BCUT2D eigenvalue weighted by Crippen LogP contribution is -2.45. The number of methoxy groups -OCH3 is 1. The fourth-order valence-corrected chi connectivity index (χ4v) is 5.45. The van der Waals surface area contributed by atoms with Crippen molar-refractivity contribution >= 4 is 40.2 Å². The first-order valence-corrected chi connectivity index (χ1v) is 12.3. The van der Waals surface area contributed by atoms with Gasteiger partial charge in [-0.25, -0.2) is 4.79 Å². The van der Waals surface area contributed by atoms with Gasteiger partial charge in [-0.3, -0.25) is 4.79 Å². The van der Waals surface area contributed by atoms with Crippen molar-refractivity contribution in [2.75, 3.05) is 38.6 Å². The summed E-state index contributed by atoms with van der Waals surface area (Å²) in [7, 11) is 1.54. The SMILES string of the molecule is COc1cccc2cc(C(=O)N3CCC4(CCN(C(=O)Nc5c(Cl)cccc5C(F)(F)F)C4)CC3)oc12. The van der Waals surface area contributed by atoms with Gasteiger partial charge in [-0.2, -0.15) is 13.2 Å². The second-order valence-corrected chi connectivity index (χ2v) is 9.95. The van der Waals surface area contributed by atoms with E-state index in [1.165, 1.54) is 24.1 Å². The van der Waals surface area contributed by atoms with Gasteiger partial charge in [0.25, 0.3) is 5.91 Å². The van der Waals surface area contributed by atoms with Crippen molar-refractivity contribution in [1.29, 1.82) is 0 Å². The number of furan rings is 1. The first-order chi connectivity index (χ1) is 17.6. The molecule has 0 aliphatic carbocycles. The maximum Gasteiger partial charge on any atom is 0.418 e. The molecule has 2 aliphatic rings. The molecule has 37 heavy (non-hydrogen) atoms.